The van der Waals surface area contributed by atoms with Gasteiger partial charge in [0.2, 0.25) is 0 Å². The van der Waals surface area contributed by atoms with Crippen molar-refractivity contribution in [1.82, 2.24) is 0 Å². The van der Waals surface area contributed by atoms with E-state index in [1.54, 1.807) is 0 Å². The van der Waals surface area contributed by atoms with Crippen LogP contribution >= 0.6 is 0 Å². The molecule has 0 saturated carbocycles. The Morgan fingerprint density at radius 3 is 1.84 bits per heavy atom. The molecule has 0 fully saturated rings. The van der Waals surface area contributed by atoms with Crippen LogP contribution in [0, 0.1) is 0 Å². The summed E-state index contributed by atoms with van der Waals surface area (Å²) < 4.78 is 0. The van der Waals surface area contributed by atoms with Crippen molar-refractivity contribution >= 4 is 22.1 Å². The number of nitrogens with one attached hydrogen (secondary N) is 1. The van der Waals surface area contributed by atoms with E-state index in [4.69, 9.17) is 0 Å². The highest BCUT2D eigenvalue weighted by Crippen LogP contribution is 2.52. The predicted octanol–water partition coefficient (Wildman–Crippen LogP) is 10.2. The minimum Gasteiger partial charge on any atom is -0.355 e. The minimum atomic E-state index is -0.0245. The second-order valence-electron chi connectivity index (χ2n) is 10.6. The lowest BCUT2D eigenvalue weighted by Crippen LogP contribution is -2.14. The predicted molar refractivity (Wildman–Crippen MR) is 162 cm³/mol. The molecular formula is C37H29N. The van der Waals surface area contributed by atoms with Gasteiger partial charge in [-0.2, -0.15) is 0 Å². The molecule has 6 aromatic rings. The van der Waals surface area contributed by atoms with Crippen molar-refractivity contribution in [3.63, 3.8) is 0 Å². The quantitative estimate of drug-likeness (QED) is 0.261. The molecule has 0 unspecified atom stereocenters. The van der Waals surface area contributed by atoms with Gasteiger partial charge in [-0.25, -0.2) is 0 Å². The molecular weight excluding hydrogens is 458 g/mol. The maximum atomic E-state index is 3.87. The van der Waals surface area contributed by atoms with E-state index >= 15 is 0 Å². The molecule has 1 aliphatic carbocycles. The standard InChI is InChI=1S/C37H29N/c1-37(2)31-21-8-6-18-30(31)36-32(37)22-12-24-34(36)38-33-23-9-7-17-28(33)29-20-11-16-26-15-10-19-27(35(26)29)25-13-4-3-5-14-25/h3-24,38H,1-2H3. The van der Waals surface area contributed by atoms with Crippen LogP contribution < -0.4 is 5.32 Å². The molecule has 0 aliphatic heterocycles. The molecule has 182 valence electrons. The number of para-hydroxylation sites is 1. The van der Waals surface area contributed by atoms with Gasteiger partial charge in [-0.3, -0.25) is 0 Å². The molecule has 1 aliphatic rings. The van der Waals surface area contributed by atoms with Crippen LogP contribution in [0.15, 0.2) is 133 Å². The Bertz CT molecular complexity index is 1810. The third kappa shape index (κ3) is 3.47. The van der Waals surface area contributed by atoms with Gasteiger partial charge >= 0.3 is 0 Å². The molecule has 1 N–H and O–H groups in total. The number of hydrogen-bond acceptors (Lipinski definition) is 1. The summed E-state index contributed by atoms with van der Waals surface area (Å²) in [5, 5.41) is 6.40. The van der Waals surface area contributed by atoms with Crippen LogP contribution in [-0.2, 0) is 5.41 Å². The third-order valence-corrected chi connectivity index (χ3v) is 8.08. The lowest BCUT2D eigenvalue weighted by molar-refractivity contribution is 0.660. The lowest BCUT2D eigenvalue weighted by Gasteiger charge is -2.22. The Hall–Kier alpha value is -4.62. The number of rotatable bonds is 4. The first-order valence-electron chi connectivity index (χ1n) is 13.3. The normalized spacial score (nSPS) is 13.2. The molecule has 1 nitrogen and oxygen atoms in total. The molecule has 6 aromatic carbocycles. The van der Waals surface area contributed by atoms with Gasteiger partial charge in [-0.1, -0.05) is 135 Å². The Morgan fingerprint density at radius 2 is 1.03 bits per heavy atom. The van der Waals surface area contributed by atoms with Crippen LogP contribution in [0.25, 0.3) is 44.2 Å². The van der Waals surface area contributed by atoms with E-state index in [9.17, 15) is 0 Å². The summed E-state index contributed by atoms with van der Waals surface area (Å²) in [6.45, 7) is 4.66. The van der Waals surface area contributed by atoms with E-state index in [1.165, 1.54) is 55.3 Å². The second kappa shape index (κ2) is 8.75. The second-order valence-corrected chi connectivity index (χ2v) is 10.6. The summed E-state index contributed by atoms with van der Waals surface area (Å²) in [5.41, 5.74) is 12.6. The average Bonchev–Trinajstić information content (AvgIpc) is 3.20. The summed E-state index contributed by atoms with van der Waals surface area (Å²) in [7, 11) is 0. The first kappa shape index (κ1) is 22.6. The first-order valence-corrected chi connectivity index (χ1v) is 13.3. The Kier molecular flexibility index (Phi) is 5.19. The Balaban J connectivity index is 1.41. The van der Waals surface area contributed by atoms with Crippen molar-refractivity contribution in [3.05, 3.63) is 145 Å². The zero-order chi connectivity index (χ0) is 25.7. The zero-order valence-corrected chi connectivity index (χ0v) is 21.7. The van der Waals surface area contributed by atoms with Gasteiger partial charge < -0.3 is 5.32 Å². The molecule has 0 amide bonds. The van der Waals surface area contributed by atoms with Crippen LogP contribution in [-0.4, -0.2) is 0 Å². The van der Waals surface area contributed by atoms with E-state index in [1.807, 2.05) is 0 Å². The highest BCUT2D eigenvalue weighted by Gasteiger charge is 2.36. The molecule has 0 saturated heterocycles. The molecule has 7 rings (SSSR count). The van der Waals surface area contributed by atoms with Crippen molar-refractivity contribution in [2.24, 2.45) is 0 Å². The van der Waals surface area contributed by atoms with Crippen LogP contribution in [0.5, 0.6) is 0 Å². The van der Waals surface area contributed by atoms with Crippen molar-refractivity contribution < 1.29 is 0 Å². The van der Waals surface area contributed by atoms with Gasteiger partial charge in [0.15, 0.2) is 0 Å². The molecule has 0 radical (unpaired) electrons. The number of benzene rings is 6. The minimum absolute atomic E-state index is 0.0245. The fourth-order valence-corrected chi connectivity index (χ4v) is 6.25. The van der Waals surface area contributed by atoms with E-state index in [0.29, 0.717) is 0 Å². The topological polar surface area (TPSA) is 12.0 Å². The molecule has 0 spiro atoms. The van der Waals surface area contributed by atoms with Gasteiger partial charge in [0.1, 0.15) is 0 Å². The van der Waals surface area contributed by atoms with E-state index in [2.05, 4.69) is 153 Å². The molecule has 38 heavy (non-hydrogen) atoms. The van der Waals surface area contributed by atoms with Crippen LogP contribution in [0.3, 0.4) is 0 Å². The monoisotopic (exact) mass is 487 g/mol. The molecule has 1 heteroatoms. The highest BCUT2D eigenvalue weighted by molar-refractivity contribution is 6.08. The average molecular weight is 488 g/mol. The van der Waals surface area contributed by atoms with E-state index < -0.39 is 0 Å². The number of fused-ring (bicyclic) bond motifs is 4. The Labute approximate surface area is 224 Å². The summed E-state index contributed by atoms with van der Waals surface area (Å²) in [6.07, 6.45) is 0. The van der Waals surface area contributed by atoms with Gasteiger partial charge in [0, 0.05) is 27.9 Å². The van der Waals surface area contributed by atoms with Crippen LogP contribution in [0.4, 0.5) is 11.4 Å². The van der Waals surface area contributed by atoms with Gasteiger partial charge in [-0.05, 0) is 56.3 Å². The highest BCUT2D eigenvalue weighted by atomic mass is 14.9. The number of anilines is 2. The van der Waals surface area contributed by atoms with Crippen molar-refractivity contribution in [2.75, 3.05) is 5.32 Å². The van der Waals surface area contributed by atoms with Crippen molar-refractivity contribution in [3.8, 4) is 33.4 Å². The zero-order valence-electron chi connectivity index (χ0n) is 21.7. The van der Waals surface area contributed by atoms with Crippen LogP contribution in [0.1, 0.15) is 25.0 Å². The number of hydrogen-bond donors (Lipinski definition) is 1. The Morgan fingerprint density at radius 1 is 0.447 bits per heavy atom. The summed E-state index contributed by atoms with van der Waals surface area (Å²) in [4.78, 5) is 0. The van der Waals surface area contributed by atoms with E-state index in [-0.39, 0.29) is 5.41 Å². The lowest BCUT2D eigenvalue weighted by atomic mass is 9.82. The van der Waals surface area contributed by atoms with Crippen molar-refractivity contribution in [1.29, 1.82) is 0 Å². The van der Waals surface area contributed by atoms with Gasteiger partial charge in [0.05, 0.1) is 0 Å². The molecule has 0 atom stereocenters. The maximum Gasteiger partial charge on any atom is 0.0467 e. The summed E-state index contributed by atoms with van der Waals surface area (Å²) >= 11 is 0. The smallest absolute Gasteiger partial charge is 0.0467 e. The van der Waals surface area contributed by atoms with Crippen molar-refractivity contribution in [2.45, 2.75) is 19.3 Å². The maximum absolute atomic E-state index is 3.87. The first-order chi connectivity index (χ1) is 18.6. The summed E-state index contributed by atoms with van der Waals surface area (Å²) in [5.74, 6) is 0. The fourth-order valence-electron chi connectivity index (χ4n) is 6.25. The summed E-state index contributed by atoms with van der Waals surface area (Å²) in [6, 6.07) is 48.1. The molecule has 0 aromatic heterocycles. The van der Waals surface area contributed by atoms with Gasteiger partial charge in [0.25, 0.3) is 0 Å². The molecule has 0 bridgehead atoms. The van der Waals surface area contributed by atoms with Crippen LogP contribution in [0.2, 0.25) is 0 Å². The third-order valence-electron chi connectivity index (χ3n) is 8.08. The van der Waals surface area contributed by atoms with Gasteiger partial charge in [-0.15, -0.1) is 0 Å². The largest absolute Gasteiger partial charge is 0.355 e. The molecule has 0 heterocycles. The van der Waals surface area contributed by atoms with E-state index in [0.717, 1.165) is 11.4 Å². The SMILES string of the molecule is CC1(C)c2ccccc2-c2c(Nc3ccccc3-c3cccc4cccc(-c5ccccc5)c34)cccc21. The fraction of sp³-hybridized carbons (Fsp3) is 0.0811.